The van der Waals surface area contributed by atoms with Crippen LogP contribution in [0.2, 0.25) is 0 Å². The Morgan fingerprint density at radius 1 is 1.22 bits per heavy atom. The van der Waals surface area contributed by atoms with Crippen molar-refractivity contribution in [2.24, 2.45) is 0 Å². The fourth-order valence-corrected chi connectivity index (χ4v) is 3.76. The van der Waals surface area contributed by atoms with Gasteiger partial charge in [-0.05, 0) is 18.1 Å². The van der Waals surface area contributed by atoms with Crippen LogP contribution >= 0.6 is 0 Å². The zero-order valence-corrected chi connectivity index (χ0v) is 17.3. The van der Waals surface area contributed by atoms with Gasteiger partial charge in [0.25, 0.3) is 0 Å². The van der Waals surface area contributed by atoms with Gasteiger partial charge in [0.15, 0.2) is 23.3 Å². The number of nitrogens with zero attached hydrogens (tertiary/aromatic N) is 1. The average Bonchev–Trinajstić information content (AvgIpc) is 3.53. The van der Waals surface area contributed by atoms with Crippen molar-refractivity contribution in [2.75, 3.05) is 19.2 Å². The molecule has 0 aliphatic carbocycles. The molecule has 1 aliphatic heterocycles. The zero-order valence-electron chi connectivity index (χ0n) is 17.3. The lowest BCUT2D eigenvalue weighted by Gasteiger charge is -2.20. The molecule has 3 heterocycles. The summed E-state index contributed by atoms with van der Waals surface area (Å²) >= 11 is 0. The molecule has 162 valence electrons. The van der Waals surface area contributed by atoms with Crippen LogP contribution in [0.1, 0.15) is 5.56 Å². The number of nitrogens with one attached hydrogen (secondary N) is 2. The Labute approximate surface area is 183 Å². The standard InChI is InChI=1S/C24H21N3O5/c1-29-21-9-18-16(8-17(21)22-11-25-13-31-22)20(28)10-24(26-18)27-19(23-12-30-14-32-23)7-15-5-3-2-4-6-15/h2-6,8-13,19H,7,14H2,1H3,(H2,26,27,28). The Morgan fingerprint density at radius 3 is 2.81 bits per heavy atom. The van der Waals surface area contributed by atoms with Gasteiger partial charge in [-0.25, -0.2) is 4.98 Å². The van der Waals surface area contributed by atoms with Crippen molar-refractivity contribution < 1.29 is 18.6 Å². The molecule has 1 unspecified atom stereocenters. The summed E-state index contributed by atoms with van der Waals surface area (Å²) in [5.74, 6) is 2.33. The van der Waals surface area contributed by atoms with Gasteiger partial charge < -0.3 is 28.9 Å². The van der Waals surface area contributed by atoms with Crippen molar-refractivity contribution >= 4 is 16.7 Å². The Morgan fingerprint density at radius 2 is 2.09 bits per heavy atom. The highest BCUT2D eigenvalue weighted by atomic mass is 16.7. The van der Waals surface area contributed by atoms with E-state index in [0.29, 0.717) is 46.0 Å². The molecule has 2 N–H and O–H groups in total. The van der Waals surface area contributed by atoms with E-state index in [9.17, 15) is 4.79 Å². The molecule has 4 aromatic rings. The second-order valence-electron chi connectivity index (χ2n) is 7.35. The molecular weight excluding hydrogens is 410 g/mol. The third-order valence-corrected chi connectivity index (χ3v) is 5.30. The van der Waals surface area contributed by atoms with Gasteiger partial charge in [-0.15, -0.1) is 0 Å². The number of oxazole rings is 1. The van der Waals surface area contributed by atoms with Crippen LogP contribution in [0.25, 0.3) is 22.2 Å². The number of aromatic amines is 1. The topological polar surface area (TPSA) is 98.6 Å². The lowest BCUT2D eigenvalue weighted by molar-refractivity contribution is 0.0764. The largest absolute Gasteiger partial charge is 0.496 e. The van der Waals surface area contributed by atoms with Crippen molar-refractivity contribution in [2.45, 2.75) is 12.5 Å². The summed E-state index contributed by atoms with van der Waals surface area (Å²) in [7, 11) is 1.57. The van der Waals surface area contributed by atoms with Crippen LogP contribution < -0.4 is 15.5 Å². The number of ether oxygens (including phenoxy) is 3. The summed E-state index contributed by atoms with van der Waals surface area (Å²) in [4.78, 5) is 20.2. The smallest absolute Gasteiger partial charge is 0.229 e. The monoisotopic (exact) mass is 431 g/mol. The van der Waals surface area contributed by atoms with Gasteiger partial charge in [0.2, 0.25) is 6.79 Å². The Bertz CT molecular complexity index is 1310. The minimum absolute atomic E-state index is 0.138. The first kappa shape index (κ1) is 19.7. The highest BCUT2D eigenvalue weighted by Gasteiger charge is 2.22. The van der Waals surface area contributed by atoms with Gasteiger partial charge in [0, 0.05) is 17.5 Å². The number of aromatic nitrogens is 2. The number of fused-ring (bicyclic) bond motifs is 1. The molecule has 2 aromatic heterocycles. The maximum Gasteiger partial charge on any atom is 0.229 e. The first-order chi connectivity index (χ1) is 15.7. The van der Waals surface area contributed by atoms with Crippen molar-refractivity contribution in [3.8, 4) is 17.1 Å². The fourth-order valence-electron chi connectivity index (χ4n) is 3.76. The number of benzene rings is 2. The van der Waals surface area contributed by atoms with E-state index in [2.05, 4.69) is 15.3 Å². The third kappa shape index (κ3) is 3.90. The van der Waals surface area contributed by atoms with E-state index < -0.39 is 0 Å². The highest BCUT2D eigenvalue weighted by molar-refractivity contribution is 5.88. The SMILES string of the molecule is COc1cc2[nH]c(NC(Cc3ccccc3)C3=COCO3)cc(=O)c2cc1-c1cnco1. The predicted octanol–water partition coefficient (Wildman–Crippen LogP) is 4.06. The molecule has 0 amide bonds. The molecule has 0 radical (unpaired) electrons. The Kier molecular flexibility index (Phi) is 5.25. The van der Waals surface area contributed by atoms with Crippen molar-refractivity contribution in [1.29, 1.82) is 0 Å². The fraction of sp³-hybridized carbons (Fsp3) is 0.167. The van der Waals surface area contributed by atoms with Crippen molar-refractivity contribution in [3.63, 3.8) is 0 Å². The number of hydrogen-bond donors (Lipinski definition) is 2. The molecule has 8 nitrogen and oxygen atoms in total. The number of H-pyrrole nitrogens is 1. The summed E-state index contributed by atoms with van der Waals surface area (Å²) in [5.41, 5.74) is 2.28. The second-order valence-corrected chi connectivity index (χ2v) is 7.35. The van der Waals surface area contributed by atoms with Crippen LogP contribution in [0.4, 0.5) is 5.82 Å². The van der Waals surface area contributed by atoms with E-state index >= 15 is 0 Å². The van der Waals surface area contributed by atoms with E-state index in [4.69, 9.17) is 18.6 Å². The maximum atomic E-state index is 13.0. The number of pyridine rings is 1. The van der Waals surface area contributed by atoms with Gasteiger partial charge in [-0.1, -0.05) is 30.3 Å². The molecule has 0 spiro atoms. The highest BCUT2D eigenvalue weighted by Crippen LogP contribution is 2.33. The number of hydrogen-bond acceptors (Lipinski definition) is 7. The van der Waals surface area contributed by atoms with E-state index in [1.165, 1.54) is 12.5 Å². The molecule has 32 heavy (non-hydrogen) atoms. The molecule has 0 bridgehead atoms. The summed E-state index contributed by atoms with van der Waals surface area (Å²) in [6.45, 7) is 0.179. The Hall–Kier alpha value is -4.20. The normalized spacial score (nSPS) is 13.8. The van der Waals surface area contributed by atoms with Gasteiger partial charge in [0.1, 0.15) is 17.8 Å². The molecule has 0 saturated carbocycles. The second kappa shape index (κ2) is 8.50. The summed E-state index contributed by atoms with van der Waals surface area (Å²) < 4.78 is 21.8. The van der Waals surface area contributed by atoms with Crippen LogP contribution in [-0.2, 0) is 15.9 Å². The van der Waals surface area contributed by atoms with Gasteiger partial charge in [0.05, 0.1) is 30.4 Å². The molecule has 1 atom stereocenters. The first-order valence-electron chi connectivity index (χ1n) is 10.1. The Balaban J connectivity index is 1.51. The average molecular weight is 431 g/mol. The molecule has 8 heteroatoms. The van der Waals surface area contributed by atoms with E-state index in [0.717, 1.165) is 5.56 Å². The van der Waals surface area contributed by atoms with Crippen LogP contribution in [0.5, 0.6) is 5.75 Å². The van der Waals surface area contributed by atoms with Gasteiger partial charge in [-0.2, -0.15) is 0 Å². The van der Waals surface area contributed by atoms with E-state index in [-0.39, 0.29) is 18.3 Å². The third-order valence-electron chi connectivity index (χ3n) is 5.30. The number of anilines is 1. The number of rotatable bonds is 7. The summed E-state index contributed by atoms with van der Waals surface area (Å²) in [6, 6.07) is 14.9. The van der Waals surface area contributed by atoms with Crippen molar-refractivity contribution in [1.82, 2.24) is 9.97 Å². The van der Waals surface area contributed by atoms with E-state index in [1.807, 2.05) is 30.3 Å². The summed E-state index contributed by atoms with van der Waals surface area (Å²) in [5, 5.41) is 3.90. The molecule has 1 aliphatic rings. The summed E-state index contributed by atoms with van der Waals surface area (Å²) in [6.07, 6.45) is 5.18. The van der Waals surface area contributed by atoms with Gasteiger partial charge >= 0.3 is 0 Å². The van der Waals surface area contributed by atoms with Crippen LogP contribution in [0, 0.1) is 0 Å². The van der Waals surface area contributed by atoms with Crippen LogP contribution in [-0.4, -0.2) is 29.9 Å². The molecule has 0 fully saturated rings. The minimum atomic E-state index is -0.219. The van der Waals surface area contributed by atoms with Crippen molar-refractivity contribution in [3.05, 3.63) is 88.9 Å². The minimum Gasteiger partial charge on any atom is -0.496 e. The number of methoxy groups -OCH3 is 1. The lowest BCUT2D eigenvalue weighted by atomic mass is 10.0. The van der Waals surface area contributed by atoms with Crippen LogP contribution in [0.15, 0.2) is 82.4 Å². The zero-order chi connectivity index (χ0) is 21.9. The quantitative estimate of drug-likeness (QED) is 0.455. The molecular formula is C24H21N3O5. The predicted molar refractivity (Wildman–Crippen MR) is 119 cm³/mol. The lowest BCUT2D eigenvalue weighted by Crippen LogP contribution is -2.26. The van der Waals surface area contributed by atoms with Gasteiger partial charge in [-0.3, -0.25) is 4.79 Å². The van der Waals surface area contributed by atoms with Crippen LogP contribution in [0.3, 0.4) is 0 Å². The molecule has 2 aromatic carbocycles. The van der Waals surface area contributed by atoms with E-state index in [1.54, 1.807) is 31.7 Å². The first-order valence-corrected chi connectivity index (χ1v) is 10.1. The maximum absolute atomic E-state index is 13.0. The molecule has 0 saturated heterocycles. The molecule has 5 rings (SSSR count).